The molecule has 0 N–H and O–H groups in total. The molecule has 7 heteroatoms. The molecule has 1 heterocycles. The number of hydrogen-bond acceptors (Lipinski definition) is 5. The number of nitro groups is 1. The molecule has 20 heavy (non-hydrogen) atoms. The number of aryl methyl sites for hydroxylation is 1. The van der Waals surface area contributed by atoms with Crippen LogP contribution < -0.4 is 4.74 Å². The molecule has 1 aromatic carbocycles. The molecule has 0 amide bonds. The van der Waals surface area contributed by atoms with Crippen LogP contribution in [0.3, 0.4) is 0 Å². The fourth-order valence-electron chi connectivity index (χ4n) is 1.53. The maximum absolute atomic E-state index is 11.0. The van der Waals surface area contributed by atoms with Gasteiger partial charge in [-0.1, -0.05) is 29.3 Å². The minimum Gasteiger partial charge on any atom is -0.449 e. The zero-order valence-electron chi connectivity index (χ0n) is 10.3. The summed E-state index contributed by atoms with van der Waals surface area (Å²) in [6.45, 7) is 1.90. The molecule has 2 aromatic rings. The van der Waals surface area contributed by atoms with Crippen molar-refractivity contribution in [3.8, 4) is 17.6 Å². The molecule has 1 aromatic heterocycles. The lowest BCUT2D eigenvalue weighted by molar-refractivity contribution is -0.385. The summed E-state index contributed by atoms with van der Waals surface area (Å²) in [4.78, 5) is 13.9. The molecule has 0 aliphatic heterocycles. The lowest BCUT2D eigenvalue weighted by Crippen LogP contribution is -1.99. The lowest BCUT2D eigenvalue weighted by Gasteiger charge is -2.08. The first kappa shape index (κ1) is 13.8. The van der Waals surface area contributed by atoms with Crippen molar-refractivity contribution >= 4 is 17.3 Å². The van der Waals surface area contributed by atoms with Crippen LogP contribution in [0.4, 0.5) is 5.69 Å². The molecule has 0 spiro atoms. The van der Waals surface area contributed by atoms with E-state index >= 15 is 0 Å². The lowest BCUT2D eigenvalue weighted by atomic mass is 10.2. The van der Waals surface area contributed by atoms with E-state index in [1.165, 1.54) is 0 Å². The molecule has 0 bridgehead atoms. The molecule has 6 nitrogen and oxygen atoms in total. The number of benzene rings is 1. The van der Waals surface area contributed by atoms with Crippen LogP contribution in [0.2, 0.25) is 5.15 Å². The van der Waals surface area contributed by atoms with E-state index in [9.17, 15) is 10.1 Å². The third-order valence-corrected chi connectivity index (χ3v) is 2.78. The fraction of sp³-hybridized carbons (Fsp3) is 0.0769. The fourth-order valence-corrected chi connectivity index (χ4v) is 1.73. The molecular weight excluding hydrogens is 282 g/mol. The molecule has 2 rings (SSSR count). The van der Waals surface area contributed by atoms with Gasteiger partial charge in [0.1, 0.15) is 17.4 Å². The molecule has 0 aliphatic rings. The summed E-state index contributed by atoms with van der Waals surface area (Å²) in [6.07, 6.45) is 1.14. The molecule has 0 saturated carbocycles. The first-order valence-electron chi connectivity index (χ1n) is 5.50. The van der Waals surface area contributed by atoms with Gasteiger partial charge >= 0.3 is 5.69 Å². The van der Waals surface area contributed by atoms with Gasteiger partial charge in [-0.2, -0.15) is 5.26 Å². The Hall–Kier alpha value is -2.65. The van der Waals surface area contributed by atoms with E-state index in [-0.39, 0.29) is 16.5 Å². The standard InChI is InChI=1S/C13H8ClN3O3/c1-8-2-4-10(5-3-8)20-12-9(6-15)7-16-13(14)11(12)17(18)19/h2-5,7H,1H3. The zero-order valence-corrected chi connectivity index (χ0v) is 11.1. The van der Waals surface area contributed by atoms with Gasteiger partial charge in [0, 0.05) is 0 Å². The second-order valence-electron chi connectivity index (χ2n) is 3.92. The van der Waals surface area contributed by atoms with Gasteiger partial charge in [0.05, 0.1) is 11.1 Å². The Morgan fingerprint density at radius 2 is 2.05 bits per heavy atom. The first-order chi connectivity index (χ1) is 9.52. The van der Waals surface area contributed by atoms with Crippen molar-refractivity contribution in [3.05, 3.63) is 56.9 Å². The minimum absolute atomic E-state index is 0.0540. The number of rotatable bonds is 3. The molecule has 0 fully saturated rings. The Kier molecular flexibility index (Phi) is 3.82. The summed E-state index contributed by atoms with van der Waals surface area (Å²) in [5, 5.41) is 19.7. The van der Waals surface area contributed by atoms with Crippen molar-refractivity contribution in [2.24, 2.45) is 0 Å². The summed E-state index contributed by atoms with van der Waals surface area (Å²) in [6, 6.07) is 8.67. The van der Waals surface area contributed by atoms with E-state index in [0.29, 0.717) is 5.75 Å². The number of nitrogens with zero attached hydrogens (tertiary/aromatic N) is 3. The number of hydrogen-bond donors (Lipinski definition) is 0. The van der Waals surface area contributed by atoms with Gasteiger partial charge in [0.25, 0.3) is 0 Å². The van der Waals surface area contributed by atoms with Crippen LogP contribution in [0, 0.1) is 28.4 Å². The largest absolute Gasteiger partial charge is 0.449 e. The third kappa shape index (κ3) is 2.68. The van der Waals surface area contributed by atoms with Crippen LogP contribution in [-0.4, -0.2) is 9.91 Å². The summed E-state index contributed by atoms with van der Waals surface area (Å²) < 4.78 is 5.44. The first-order valence-corrected chi connectivity index (χ1v) is 5.88. The topological polar surface area (TPSA) is 89.0 Å². The quantitative estimate of drug-likeness (QED) is 0.489. The van der Waals surface area contributed by atoms with E-state index in [2.05, 4.69) is 4.98 Å². The van der Waals surface area contributed by atoms with E-state index in [1.54, 1.807) is 30.3 Å². The summed E-state index contributed by atoms with van der Waals surface area (Å²) in [7, 11) is 0. The summed E-state index contributed by atoms with van der Waals surface area (Å²) in [5.74, 6) is 0.166. The van der Waals surface area contributed by atoms with Crippen molar-refractivity contribution < 1.29 is 9.66 Å². The average molecular weight is 290 g/mol. The number of aromatic nitrogens is 1. The Morgan fingerprint density at radius 3 is 2.60 bits per heavy atom. The van der Waals surface area contributed by atoms with E-state index < -0.39 is 10.6 Å². The predicted molar refractivity (Wildman–Crippen MR) is 71.9 cm³/mol. The van der Waals surface area contributed by atoms with Crippen molar-refractivity contribution in [2.45, 2.75) is 6.92 Å². The number of nitriles is 1. The maximum Gasteiger partial charge on any atom is 0.349 e. The van der Waals surface area contributed by atoms with Crippen LogP contribution >= 0.6 is 11.6 Å². The van der Waals surface area contributed by atoms with E-state index in [0.717, 1.165) is 11.8 Å². The number of halogens is 1. The Balaban J connectivity index is 2.54. The van der Waals surface area contributed by atoms with Gasteiger partial charge in [-0.05, 0) is 19.1 Å². The smallest absolute Gasteiger partial charge is 0.349 e. The number of pyridine rings is 1. The van der Waals surface area contributed by atoms with Gasteiger partial charge in [0.2, 0.25) is 10.9 Å². The number of ether oxygens (including phenoxy) is 1. The van der Waals surface area contributed by atoms with Crippen LogP contribution in [0.1, 0.15) is 11.1 Å². The van der Waals surface area contributed by atoms with Gasteiger partial charge in [-0.3, -0.25) is 10.1 Å². The third-order valence-electron chi connectivity index (χ3n) is 2.51. The summed E-state index contributed by atoms with van der Waals surface area (Å²) >= 11 is 5.70. The minimum atomic E-state index is -0.723. The van der Waals surface area contributed by atoms with Crippen molar-refractivity contribution in [2.75, 3.05) is 0 Å². The Labute approximate surface area is 119 Å². The second-order valence-corrected chi connectivity index (χ2v) is 4.28. The molecule has 0 radical (unpaired) electrons. The van der Waals surface area contributed by atoms with Gasteiger partial charge in [-0.15, -0.1) is 0 Å². The predicted octanol–water partition coefficient (Wildman–Crippen LogP) is 3.62. The van der Waals surface area contributed by atoms with Crippen LogP contribution in [-0.2, 0) is 0 Å². The van der Waals surface area contributed by atoms with Crippen LogP contribution in [0.25, 0.3) is 0 Å². The Morgan fingerprint density at radius 1 is 1.40 bits per heavy atom. The van der Waals surface area contributed by atoms with Crippen LogP contribution in [0.5, 0.6) is 11.5 Å². The Bertz CT molecular complexity index is 708. The monoisotopic (exact) mass is 289 g/mol. The van der Waals surface area contributed by atoms with Gasteiger partial charge < -0.3 is 4.74 Å². The molecule has 0 aliphatic carbocycles. The average Bonchev–Trinajstić information content (AvgIpc) is 2.41. The van der Waals surface area contributed by atoms with Crippen molar-refractivity contribution in [1.82, 2.24) is 4.98 Å². The molecular formula is C13H8ClN3O3. The van der Waals surface area contributed by atoms with Gasteiger partial charge in [0.15, 0.2) is 0 Å². The molecule has 100 valence electrons. The highest BCUT2D eigenvalue weighted by Crippen LogP contribution is 2.38. The van der Waals surface area contributed by atoms with E-state index in [4.69, 9.17) is 21.6 Å². The van der Waals surface area contributed by atoms with Gasteiger partial charge in [-0.25, -0.2) is 4.98 Å². The van der Waals surface area contributed by atoms with Crippen LogP contribution in [0.15, 0.2) is 30.5 Å². The summed E-state index contributed by atoms with van der Waals surface area (Å²) in [5.41, 5.74) is 0.438. The zero-order chi connectivity index (χ0) is 14.7. The van der Waals surface area contributed by atoms with Crippen molar-refractivity contribution in [1.29, 1.82) is 5.26 Å². The maximum atomic E-state index is 11.0. The normalized spacial score (nSPS) is 9.85. The highest BCUT2D eigenvalue weighted by molar-refractivity contribution is 6.31. The highest BCUT2D eigenvalue weighted by atomic mass is 35.5. The SMILES string of the molecule is Cc1ccc(Oc2c(C#N)cnc(Cl)c2[N+](=O)[O-])cc1. The molecule has 0 atom stereocenters. The van der Waals surface area contributed by atoms with Crippen molar-refractivity contribution in [3.63, 3.8) is 0 Å². The molecule has 0 unspecified atom stereocenters. The van der Waals surface area contributed by atoms with E-state index in [1.807, 2.05) is 6.92 Å². The highest BCUT2D eigenvalue weighted by Gasteiger charge is 2.26. The molecule has 0 saturated heterocycles. The second kappa shape index (κ2) is 5.55.